The van der Waals surface area contributed by atoms with Crippen LogP contribution in [0.3, 0.4) is 0 Å². The SMILES string of the molecule is CC(C1CC1)N(CC(F)(F)F)C(=O)C1CCCCCN1. The highest BCUT2D eigenvalue weighted by atomic mass is 19.4. The van der Waals surface area contributed by atoms with Crippen LogP contribution in [0.4, 0.5) is 13.2 Å². The maximum absolute atomic E-state index is 12.7. The number of hydrogen-bond donors (Lipinski definition) is 1. The molecule has 1 aliphatic carbocycles. The molecule has 1 saturated carbocycles. The maximum atomic E-state index is 12.7. The molecule has 6 heteroatoms. The molecule has 2 fully saturated rings. The third kappa shape index (κ3) is 4.36. The van der Waals surface area contributed by atoms with Gasteiger partial charge < -0.3 is 10.2 Å². The first-order valence-corrected chi connectivity index (χ1v) is 7.49. The summed E-state index contributed by atoms with van der Waals surface area (Å²) in [6.45, 7) is 1.34. The van der Waals surface area contributed by atoms with Gasteiger partial charge in [0.05, 0.1) is 6.04 Å². The first-order chi connectivity index (χ1) is 9.38. The van der Waals surface area contributed by atoms with Gasteiger partial charge in [-0.25, -0.2) is 0 Å². The maximum Gasteiger partial charge on any atom is 0.406 e. The van der Waals surface area contributed by atoms with Crippen molar-refractivity contribution >= 4 is 5.91 Å². The third-order valence-electron chi connectivity index (χ3n) is 4.29. The van der Waals surface area contributed by atoms with Crippen molar-refractivity contribution in [2.75, 3.05) is 13.1 Å². The summed E-state index contributed by atoms with van der Waals surface area (Å²) in [6.07, 6.45) is 1.10. The third-order valence-corrected chi connectivity index (χ3v) is 4.29. The van der Waals surface area contributed by atoms with Gasteiger partial charge in [-0.15, -0.1) is 0 Å². The molecule has 1 heterocycles. The Morgan fingerprint density at radius 2 is 1.95 bits per heavy atom. The van der Waals surface area contributed by atoms with E-state index < -0.39 is 18.8 Å². The minimum Gasteiger partial charge on any atom is -0.329 e. The number of nitrogens with zero attached hydrogens (tertiary/aromatic N) is 1. The molecular weight excluding hydrogens is 269 g/mol. The number of carbonyl (C=O) groups excluding carboxylic acids is 1. The fourth-order valence-electron chi connectivity index (χ4n) is 2.89. The van der Waals surface area contributed by atoms with E-state index in [1.54, 1.807) is 6.92 Å². The molecule has 1 amide bonds. The fraction of sp³-hybridized carbons (Fsp3) is 0.929. The van der Waals surface area contributed by atoms with Crippen molar-refractivity contribution in [1.29, 1.82) is 0 Å². The first-order valence-electron chi connectivity index (χ1n) is 7.49. The van der Waals surface area contributed by atoms with E-state index in [1.165, 1.54) is 0 Å². The molecule has 20 heavy (non-hydrogen) atoms. The lowest BCUT2D eigenvalue weighted by molar-refractivity contribution is -0.167. The predicted molar refractivity (Wildman–Crippen MR) is 70.2 cm³/mol. The van der Waals surface area contributed by atoms with Crippen molar-refractivity contribution in [1.82, 2.24) is 10.2 Å². The molecule has 0 radical (unpaired) electrons. The molecule has 2 aliphatic rings. The van der Waals surface area contributed by atoms with Crippen LogP contribution in [0.15, 0.2) is 0 Å². The summed E-state index contributed by atoms with van der Waals surface area (Å²) in [4.78, 5) is 13.5. The van der Waals surface area contributed by atoms with Crippen molar-refractivity contribution in [2.45, 2.75) is 63.7 Å². The minimum absolute atomic E-state index is 0.243. The van der Waals surface area contributed by atoms with Crippen LogP contribution in [0.25, 0.3) is 0 Å². The highest BCUT2D eigenvalue weighted by Gasteiger charge is 2.42. The van der Waals surface area contributed by atoms with E-state index in [2.05, 4.69) is 5.32 Å². The number of amides is 1. The number of rotatable bonds is 4. The van der Waals surface area contributed by atoms with Crippen LogP contribution < -0.4 is 5.32 Å². The summed E-state index contributed by atoms with van der Waals surface area (Å²) in [6, 6.07) is -0.754. The van der Waals surface area contributed by atoms with Gasteiger partial charge in [-0.1, -0.05) is 12.8 Å². The summed E-state index contributed by atoms with van der Waals surface area (Å²) in [5.41, 5.74) is 0. The van der Waals surface area contributed by atoms with Crippen LogP contribution in [0, 0.1) is 5.92 Å². The quantitative estimate of drug-likeness (QED) is 0.864. The molecule has 2 rings (SSSR count). The zero-order valence-electron chi connectivity index (χ0n) is 11.9. The largest absolute Gasteiger partial charge is 0.406 e. The monoisotopic (exact) mass is 292 g/mol. The van der Waals surface area contributed by atoms with Crippen LogP contribution in [-0.2, 0) is 4.79 Å². The average molecular weight is 292 g/mol. The molecule has 2 atom stereocenters. The summed E-state index contributed by atoms with van der Waals surface area (Å²) in [7, 11) is 0. The Balaban J connectivity index is 2.05. The Kier molecular flexibility index (Phi) is 4.94. The Hall–Kier alpha value is -0.780. The van der Waals surface area contributed by atoms with Crippen molar-refractivity contribution < 1.29 is 18.0 Å². The van der Waals surface area contributed by atoms with Crippen molar-refractivity contribution in [2.24, 2.45) is 5.92 Å². The Labute approximate surface area is 117 Å². The number of halogens is 3. The molecule has 0 bridgehead atoms. The van der Waals surface area contributed by atoms with Gasteiger partial charge in [0.25, 0.3) is 0 Å². The van der Waals surface area contributed by atoms with Crippen molar-refractivity contribution in [3.8, 4) is 0 Å². The predicted octanol–water partition coefficient (Wildman–Crippen LogP) is 2.71. The lowest BCUT2D eigenvalue weighted by atomic mass is 10.1. The van der Waals surface area contributed by atoms with E-state index in [0.29, 0.717) is 13.0 Å². The zero-order chi connectivity index (χ0) is 14.8. The van der Waals surface area contributed by atoms with Crippen LogP contribution in [0.1, 0.15) is 45.4 Å². The summed E-state index contributed by atoms with van der Waals surface area (Å²) in [5, 5.41) is 3.10. The Morgan fingerprint density at radius 3 is 2.55 bits per heavy atom. The topological polar surface area (TPSA) is 32.3 Å². The van der Waals surface area contributed by atoms with Gasteiger partial charge in [-0.2, -0.15) is 13.2 Å². The normalized spacial score (nSPS) is 25.9. The molecule has 116 valence electrons. The lowest BCUT2D eigenvalue weighted by Gasteiger charge is -2.33. The molecular formula is C14H23F3N2O. The van der Waals surface area contributed by atoms with Crippen molar-refractivity contribution in [3.05, 3.63) is 0 Å². The van der Waals surface area contributed by atoms with E-state index in [4.69, 9.17) is 0 Å². The number of hydrogen-bond acceptors (Lipinski definition) is 2. The van der Waals surface area contributed by atoms with E-state index >= 15 is 0 Å². The lowest BCUT2D eigenvalue weighted by Crippen LogP contribution is -2.53. The van der Waals surface area contributed by atoms with Gasteiger partial charge in [-0.05, 0) is 45.1 Å². The smallest absolute Gasteiger partial charge is 0.329 e. The van der Waals surface area contributed by atoms with Gasteiger partial charge in [0.15, 0.2) is 0 Å². The van der Waals surface area contributed by atoms with Gasteiger partial charge in [0.1, 0.15) is 6.54 Å². The number of carbonyl (C=O) groups is 1. The summed E-state index contributed by atoms with van der Waals surface area (Å²) in [5.74, 6) is -0.129. The van der Waals surface area contributed by atoms with Crippen LogP contribution in [0.2, 0.25) is 0 Å². The van der Waals surface area contributed by atoms with E-state index in [0.717, 1.165) is 37.0 Å². The van der Waals surface area contributed by atoms with Gasteiger partial charge >= 0.3 is 6.18 Å². The van der Waals surface area contributed by atoms with E-state index in [1.807, 2.05) is 0 Å². The van der Waals surface area contributed by atoms with Crippen LogP contribution in [-0.4, -0.2) is 42.2 Å². The standard InChI is InChI=1S/C14H23F3N2O/c1-10(11-6-7-11)19(9-14(15,16)17)13(20)12-5-3-2-4-8-18-12/h10-12,18H,2-9H2,1H3. The molecule has 1 N–H and O–H groups in total. The van der Waals surface area contributed by atoms with Gasteiger partial charge in [0.2, 0.25) is 5.91 Å². The average Bonchev–Trinajstić information content (AvgIpc) is 3.18. The van der Waals surface area contributed by atoms with E-state index in [9.17, 15) is 18.0 Å². The molecule has 0 spiro atoms. The fourth-order valence-corrected chi connectivity index (χ4v) is 2.89. The second-order valence-electron chi connectivity index (χ2n) is 6.02. The molecule has 0 aromatic rings. The highest BCUT2D eigenvalue weighted by molar-refractivity contribution is 5.82. The molecule has 0 aromatic heterocycles. The summed E-state index contributed by atoms with van der Waals surface area (Å²) < 4.78 is 38.2. The molecule has 1 aliphatic heterocycles. The Bertz CT molecular complexity index is 334. The second-order valence-corrected chi connectivity index (χ2v) is 6.02. The minimum atomic E-state index is -4.33. The molecule has 2 unspecified atom stereocenters. The zero-order valence-corrected chi connectivity index (χ0v) is 11.9. The second kappa shape index (κ2) is 6.33. The molecule has 0 aromatic carbocycles. The van der Waals surface area contributed by atoms with Gasteiger partial charge in [-0.3, -0.25) is 4.79 Å². The Morgan fingerprint density at radius 1 is 1.25 bits per heavy atom. The van der Waals surface area contributed by atoms with Gasteiger partial charge in [0, 0.05) is 6.04 Å². The van der Waals surface area contributed by atoms with Crippen LogP contribution in [0.5, 0.6) is 0 Å². The molecule has 1 saturated heterocycles. The highest BCUT2D eigenvalue weighted by Crippen LogP contribution is 2.36. The molecule has 3 nitrogen and oxygen atoms in total. The van der Waals surface area contributed by atoms with Crippen LogP contribution >= 0.6 is 0 Å². The number of nitrogens with one attached hydrogen (secondary N) is 1. The summed E-state index contributed by atoms with van der Waals surface area (Å²) >= 11 is 0. The first kappa shape index (κ1) is 15.6. The number of alkyl halides is 3. The van der Waals surface area contributed by atoms with E-state index in [-0.39, 0.29) is 17.9 Å². The van der Waals surface area contributed by atoms with Crippen molar-refractivity contribution in [3.63, 3.8) is 0 Å².